The van der Waals surface area contributed by atoms with E-state index >= 15 is 0 Å². The Balaban J connectivity index is 1.40. The summed E-state index contributed by atoms with van der Waals surface area (Å²) >= 11 is 0. The topological polar surface area (TPSA) is 68.9 Å². The van der Waals surface area contributed by atoms with Gasteiger partial charge in [-0.25, -0.2) is 4.98 Å². The number of pyridine rings is 1. The second kappa shape index (κ2) is 7.72. The van der Waals surface area contributed by atoms with E-state index in [2.05, 4.69) is 14.9 Å². The van der Waals surface area contributed by atoms with Crippen molar-refractivity contribution in [2.75, 3.05) is 6.54 Å². The fraction of sp³-hybridized carbons (Fsp3) is 0.160. The predicted octanol–water partition coefficient (Wildman–Crippen LogP) is 3.63. The molecule has 0 saturated carbocycles. The van der Waals surface area contributed by atoms with Crippen LogP contribution in [0.5, 0.6) is 0 Å². The SMILES string of the molecule is Cc1nc2ccccc2n1CCNC(=O)Cn1c2ccccc2c(=O)c2ccccc21. The van der Waals surface area contributed by atoms with Crippen LogP contribution in [0.1, 0.15) is 5.82 Å². The van der Waals surface area contributed by atoms with Crippen molar-refractivity contribution < 1.29 is 4.79 Å². The predicted molar refractivity (Wildman–Crippen MR) is 123 cm³/mol. The number of nitrogens with one attached hydrogen (secondary N) is 1. The zero-order valence-electron chi connectivity index (χ0n) is 17.2. The minimum atomic E-state index is -0.0963. The lowest BCUT2D eigenvalue weighted by Gasteiger charge is -2.15. The summed E-state index contributed by atoms with van der Waals surface area (Å²) in [5.74, 6) is 0.828. The number of carbonyl (C=O) groups is 1. The van der Waals surface area contributed by atoms with Crippen molar-refractivity contribution >= 4 is 38.7 Å². The van der Waals surface area contributed by atoms with Crippen LogP contribution < -0.4 is 10.7 Å². The van der Waals surface area contributed by atoms with E-state index in [1.54, 1.807) is 0 Å². The fourth-order valence-corrected chi connectivity index (χ4v) is 4.23. The van der Waals surface area contributed by atoms with Gasteiger partial charge in [-0.3, -0.25) is 9.59 Å². The number of rotatable bonds is 5. The molecule has 0 spiro atoms. The zero-order valence-corrected chi connectivity index (χ0v) is 17.2. The molecule has 0 radical (unpaired) electrons. The van der Waals surface area contributed by atoms with Gasteiger partial charge in [-0.1, -0.05) is 36.4 Å². The minimum Gasteiger partial charge on any atom is -0.353 e. The lowest BCUT2D eigenvalue weighted by atomic mass is 10.1. The second-order valence-corrected chi connectivity index (χ2v) is 7.60. The molecule has 31 heavy (non-hydrogen) atoms. The monoisotopic (exact) mass is 410 g/mol. The van der Waals surface area contributed by atoms with Crippen LogP contribution in [0.2, 0.25) is 0 Å². The fourth-order valence-electron chi connectivity index (χ4n) is 4.23. The number of aryl methyl sites for hydroxylation is 1. The van der Waals surface area contributed by atoms with Crippen LogP contribution in [-0.4, -0.2) is 26.6 Å². The summed E-state index contributed by atoms with van der Waals surface area (Å²) in [5, 5.41) is 4.26. The Morgan fingerprint density at radius 3 is 2.10 bits per heavy atom. The number of hydrogen-bond donors (Lipinski definition) is 1. The molecule has 0 unspecified atom stereocenters. The summed E-state index contributed by atoms with van der Waals surface area (Å²) in [4.78, 5) is 30.2. The Bertz CT molecular complexity index is 1440. The molecule has 1 N–H and O–H groups in total. The van der Waals surface area contributed by atoms with Gasteiger partial charge in [0, 0.05) is 23.9 Å². The lowest BCUT2D eigenvalue weighted by Crippen LogP contribution is -2.31. The highest BCUT2D eigenvalue weighted by atomic mass is 16.2. The number of imidazole rings is 1. The van der Waals surface area contributed by atoms with Crippen LogP contribution in [-0.2, 0) is 17.9 Å². The normalized spacial score (nSPS) is 11.4. The van der Waals surface area contributed by atoms with Crippen LogP contribution in [0.15, 0.2) is 77.6 Å². The van der Waals surface area contributed by atoms with Gasteiger partial charge in [0.1, 0.15) is 12.4 Å². The van der Waals surface area contributed by atoms with Crippen LogP contribution in [0.25, 0.3) is 32.8 Å². The van der Waals surface area contributed by atoms with Crippen molar-refractivity contribution in [3.8, 4) is 0 Å². The van der Waals surface area contributed by atoms with E-state index in [-0.39, 0.29) is 17.9 Å². The molecule has 5 aromatic rings. The molecule has 3 aromatic carbocycles. The molecule has 0 bridgehead atoms. The molecular formula is C25H22N4O2. The van der Waals surface area contributed by atoms with Gasteiger partial charge in [0.05, 0.1) is 22.1 Å². The molecular weight excluding hydrogens is 388 g/mol. The van der Waals surface area contributed by atoms with Crippen molar-refractivity contribution in [3.05, 3.63) is 88.8 Å². The quantitative estimate of drug-likeness (QED) is 0.450. The zero-order chi connectivity index (χ0) is 21.4. The summed E-state index contributed by atoms with van der Waals surface area (Å²) in [5.41, 5.74) is 3.53. The van der Waals surface area contributed by atoms with Crippen molar-refractivity contribution in [2.45, 2.75) is 20.0 Å². The van der Waals surface area contributed by atoms with E-state index in [9.17, 15) is 9.59 Å². The van der Waals surface area contributed by atoms with E-state index in [1.165, 1.54) is 0 Å². The first kappa shape index (κ1) is 19.1. The molecule has 1 amide bonds. The Hall–Kier alpha value is -3.93. The van der Waals surface area contributed by atoms with Crippen LogP contribution in [0, 0.1) is 6.92 Å². The van der Waals surface area contributed by atoms with Gasteiger partial charge in [0.25, 0.3) is 0 Å². The van der Waals surface area contributed by atoms with Gasteiger partial charge in [-0.05, 0) is 43.3 Å². The third-order valence-electron chi connectivity index (χ3n) is 5.68. The van der Waals surface area contributed by atoms with Gasteiger partial charge >= 0.3 is 0 Å². The smallest absolute Gasteiger partial charge is 0.240 e. The number of aromatic nitrogens is 3. The Kier molecular flexibility index (Phi) is 4.75. The molecule has 0 saturated heterocycles. The second-order valence-electron chi connectivity index (χ2n) is 7.60. The first-order valence-corrected chi connectivity index (χ1v) is 10.3. The van der Waals surface area contributed by atoms with Gasteiger partial charge in [0.15, 0.2) is 5.43 Å². The summed E-state index contributed by atoms with van der Waals surface area (Å²) in [6.45, 7) is 3.26. The third-order valence-corrected chi connectivity index (χ3v) is 5.68. The first-order chi connectivity index (χ1) is 15.1. The molecule has 6 heteroatoms. The summed E-state index contributed by atoms with van der Waals surface area (Å²) in [6, 6.07) is 22.9. The lowest BCUT2D eigenvalue weighted by molar-refractivity contribution is -0.121. The number of hydrogen-bond acceptors (Lipinski definition) is 3. The average molecular weight is 410 g/mol. The molecule has 5 rings (SSSR count). The highest BCUT2D eigenvalue weighted by Crippen LogP contribution is 2.19. The van der Waals surface area contributed by atoms with E-state index in [1.807, 2.05) is 84.3 Å². The van der Waals surface area contributed by atoms with Gasteiger partial charge in [-0.2, -0.15) is 0 Å². The average Bonchev–Trinajstić information content (AvgIpc) is 3.12. The molecule has 154 valence electrons. The Morgan fingerprint density at radius 2 is 1.42 bits per heavy atom. The molecule has 0 aliphatic rings. The van der Waals surface area contributed by atoms with Crippen molar-refractivity contribution in [2.24, 2.45) is 0 Å². The largest absolute Gasteiger partial charge is 0.353 e. The molecule has 0 atom stereocenters. The standard InChI is InChI=1S/C25H22N4O2/c1-17-27-20-10-4-7-13-23(20)28(17)15-14-26-24(30)16-29-21-11-5-2-8-18(21)25(31)19-9-3-6-12-22(19)29/h2-13H,14-16H2,1H3,(H,26,30). The third kappa shape index (κ3) is 3.36. The number of fused-ring (bicyclic) bond motifs is 3. The Labute approximate surface area is 178 Å². The van der Waals surface area contributed by atoms with E-state index in [0.29, 0.717) is 23.9 Å². The minimum absolute atomic E-state index is 0.00896. The molecule has 2 heterocycles. The molecule has 6 nitrogen and oxygen atoms in total. The van der Waals surface area contributed by atoms with Crippen LogP contribution >= 0.6 is 0 Å². The molecule has 0 aliphatic carbocycles. The van der Waals surface area contributed by atoms with Gasteiger partial charge < -0.3 is 14.5 Å². The highest BCUT2D eigenvalue weighted by molar-refractivity contribution is 5.94. The maximum atomic E-state index is 12.8. The van der Waals surface area contributed by atoms with Crippen LogP contribution in [0.3, 0.4) is 0 Å². The van der Waals surface area contributed by atoms with Crippen molar-refractivity contribution in [1.82, 2.24) is 19.4 Å². The number of nitrogens with zero attached hydrogens (tertiary/aromatic N) is 3. The number of carbonyl (C=O) groups excluding carboxylic acids is 1. The van der Waals surface area contributed by atoms with Crippen molar-refractivity contribution in [1.29, 1.82) is 0 Å². The van der Waals surface area contributed by atoms with Crippen molar-refractivity contribution in [3.63, 3.8) is 0 Å². The van der Waals surface area contributed by atoms with Gasteiger partial charge in [-0.15, -0.1) is 0 Å². The van der Waals surface area contributed by atoms with E-state index < -0.39 is 0 Å². The summed E-state index contributed by atoms with van der Waals surface area (Å²) in [7, 11) is 0. The maximum absolute atomic E-state index is 12.8. The number of benzene rings is 3. The van der Waals surface area contributed by atoms with Gasteiger partial charge in [0.2, 0.25) is 5.91 Å². The van der Waals surface area contributed by atoms with E-state index in [4.69, 9.17) is 0 Å². The molecule has 0 aliphatic heterocycles. The number of amides is 1. The summed E-state index contributed by atoms with van der Waals surface area (Å²) < 4.78 is 4.03. The number of para-hydroxylation sites is 4. The highest BCUT2D eigenvalue weighted by Gasteiger charge is 2.13. The maximum Gasteiger partial charge on any atom is 0.240 e. The Morgan fingerprint density at radius 1 is 0.839 bits per heavy atom. The summed E-state index contributed by atoms with van der Waals surface area (Å²) in [6.07, 6.45) is 0. The molecule has 0 fully saturated rings. The first-order valence-electron chi connectivity index (χ1n) is 10.3. The molecule has 2 aromatic heterocycles. The van der Waals surface area contributed by atoms with Crippen LogP contribution in [0.4, 0.5) is 0 Å². The van der Waals surface area contributed by atoms with E-state index in [0.717, 1.165) is 27.9 Å².